The van der Waals surface area contributed by atoms with Crippen LogP contribution in [-0.4, -0.2) is 47.0 Å². The number of hydrogen-bond donors (Lipinski definition) is 2. The molecule has 3 atom stereocenters. The van der Waals surface area contributed by atoms with Gasteiger partial charge in [0.15, 0.2) is 0 Å². The fraction of sp³-hybridized carbons (Fsp3) is 0.676. The molecule has 1 aliphatic carbocycles. The van der Waals surface area contributed by atoms with E-state index in [2.05, 4.69) is 24.1 Å². The van der Waals surface area contributed by atoms with Gasteiger partial charge in [-0.3, -0.25) is 9.59 Å². The first kappa shape index (κ1) is 34.4. The van der Waals surface area contributed by atoms with E-state index in [-0.39, 0.29) is 23.8 Å². The van der Waals surface area contributed by atoms with E-state index in [0.29, 0.717) is 13.0 Å². The van der Waals surface area contributed by atoms with Crippen LogP contribution in [0.15, 0.2) is 30.8 Å². The minimum atomic E-state index is -0.821. The molecule has 2 N–H and O–H groups in total. The van der Waals surface area contributed by atoms with Crippen molar-refractivity contribution in [3.63, 3.8) is 0 Å². The molecule has 1 saturated carbocycles. The molecular weight excluding hydrogens is 514 g/mol. The van der Waals surface area contributed by atoms with Crippen molar-refractivity contribution in [1.82, 2.24) is 15.5 Å². The van der Waals surface area contributed by atoms with Gasteiger partial charge in [-0.25, -0.2) is 4.79 Å². The number of ether oxygens (including phenoxy) is 1. The van der Waals surface area contributed by atoms with Crippen molar-refractivity contribution in [2.75, 3.05) is 6.54 Å². The number of hydrogen-bond acceptors (Lipinski definition) is 4. The van der Waals surface area contributed by atoms with Gasteiger partial charge in [0.25, 0.3) is 0 Å². The molecular formula is C34H55N3O4. The van der Waals surface area contributed by atoms with Crippen LogP contribution in [0.3, 0.4) is 0 Å². The van der Waals surface area contributed by atoms with Gasteiger partial charge in [0.2, 0.25) is 11.8 Å². The van der Waals surface area contributed by atoms with Gasteiger partial charge in [-0.05, 0) is 63.1 Å². The molecule has 0 heterocycles. The lowest BCUT2D eigenvalue weighted by Crippen LogP contribution is -2.56. The Kier molecular flexibility index (Phi) is 14.4. The van der Waals surface area contributed by atoms with E-state index in [1.54, 1.807) is 31.7 Å². The highest BCUT2D eigenvalue weighted by Crippen LogP contribution is 2.28. The lowest BCUT2D eigenvalue weighted by Gasteiger charge is -2.37. The summed E-state index contributed by atoms with van der Waals surface area (Å²) < 4.78 is 5.53. The molecule has 230 valence electrons. The Bertz CT molecular complexity index is 980. The summed E-state index contributed by atoms with van der Waals surface area (Å²) in [6.07, 6.45) is 12.2. The molecule has 41 heavy (non-hydrogen) atoms. The van der Waals surface area contributed by atoms with E-state index >= 15 is 0 Å². The molecule has 7 nitrogen and oxygen atoms in total. The smallest absolute Gasteiger partial charge is 0.408 e. The monoisotopic (exact) mass is 569 g/mol. The van der Waals surface area contributed by atoms with Crippen LogP contribution in [0.2, 0.25) is 0 Å². The maximum absolute atomic E-state index is 14.5. The second-order valence-corrected chi connectivity index (χ2v) is 12.6. The highest BCUT2D eigenvalue weighted by atomic mass is 16.6. The van der Waals surface area contributed by atoms with Crippen LogP contribution in [0, 0.1) is 5.92 Å². The van der Waals surface area contributed by atoms with Gasteiger partial charge in [-0.15, -0.1) is 0 Å². The third kappa shape index (κ3) is 11.5. The molecule has 0 saturated heterocycles. The molecule has 1 fully saturated rings. The van der Waals surface area contributed by atoms with Crippen LogP contribution >= 0.6 is 0 Å². The Morgan fingerprint density at radius 2 is 1.76 bits per heavy atom. The number of nitrogens with zero attached hydrogens (tertiary/aromatic N) is 1. The van der Waals surface area contributed by atoms with Gasteiger partial charge in [0.05, 0.1) is 0 Å². The highest BCUT2D eigenvalue weighted by molar-refractivity contribution is 5.92. The van der Waals surface area contributed by atoms with Crippen LogP contribution in [0.4, 0.5) is 4.79 Å². The summed E-state index contributed by atoms with van der Waals surface area (Å²) >= 11 is 0. The zero-order valence-electron chi connectivity index (χ0n) is 26.5. The van der Waals surface area contributed by atoms with Crippen molar-refractivity contribution in [1.29, 1.82) is 0 Å². The largest absolute Gasteiger partial charge is 0.444 e. The van der Waals surface area contributed by atoms with Crippen molar-refractivity contribution in [3.8, 4) is 0 Å². The Labute approximate surface area is 248 Å². The maximum atomic E-state index is 14.5. The van der Waals surface area contributed by atoms with Crippen molar-refractivity contribution in [2.24, 2.45) is 5.92 Å². The molecule has 0 aromatic heterocycles. The van der Waals surface area contributed by atoms with E-state index in [1.807, 2.05) is 38.1 Å². The molecule has 0 spiro atoms. The normalized spacial score (nSPS) is 16.2. The molecule has 1 aromatic carbocycles. The zero-order chi connectivity index (χ0) is 30.4. The third-order valence-electron chi connectivity index (χ3n) is 7.91. The van der Waals surface area contributed by atoms with Crippen molar-refractivity contribution in [2.45, 2.75) is 136 Å². The summed E-state index contributed by atoms with van der Waals surface area (Å²) in [7, 11) is 0. The minimum Gasteiger partial charge on any atom is -0.444 e. The average molecular weight is 570 g/mol. The number of unbranched alkanes of at least 4 members (excludes halogenated alkanes) is 4. The predicted molar refractivity (Wildman–Crippen MR) is 167 cm³/mol. The first-order valence-corrected chi connectivity index (χ1v) is 15.8. The van der Waals surface area contributed by atoms with Crippen molar-refractivity contribution >= 4 is 24.0 Å². The van der Waals surface area contributed by atoms with Crippen LogP contribution in [0.25, 0.3) is 6.08 Å². The van der Waals surface area contributed by atoms with Gasteiger partial charge >= 0.3 is 6.09 Å². The quantitative estimate of drug-likeness (QED) is 0.213. The predicted octanol–water partition coefficient (Wildman–Crippen LogP) is 7.56. The van der Waals surface area contributed by atoms with Crippen molar-refractivity contribution < 1.29 is 19.1 Å². The summed E-state index contributed by atoms with van der Waals surface area (Å²) in [4.78, 5) is 43.2. The van der Waals surface area contributed by atoms with E-state index < -0.39 is 23.8 Å². The third-order valence-corrected chi connectivity index (χ3v) is 7.91. The Balaban J connectivity index is 2.51. The van der Waals surface area contributed by atoms with E-state index in [9.17, 15) is 14.4 Å². The molecule has 7 heteroatoms. The molecule has 1 aliphatic rings. The minimum absolute atomic E-state index is 0.105. The van der Waals surface area contributed by atoms with Gasteiger partial charge in [-0.1, -0.05) is 103 Å². The SMILES string of the molecule is C=Cc1cccc(C(C(=O)NC2CCCCC2)N(CCCCCCC)C(=O)C(NC(=O)OC(C)(C)C)C(C)CC)c1. The zero-order valence-corrected chi connectivity index (χ0v) is 26.5. The van der Waals surface area contributed by atoms with E-state index in [0.717, 1.165) is 68.9 Å². The van der Waals surface area contributed by atoms with E-state index in [1.165, 1.54) is 6.42 Å². The highest BCUT2D eigenvalue weighted by Gasteiger charge is 2.38. The molecule has 0 radical (unpaired) electrons. The molecule has 0 aliphatic heterocycles. The molecule has 1 aromatic rings. The van der Waals surface area contributed by atoms with Gasteiger partial charge in [-0.2, -0.15) is 0 Å². The summed E-state index contributed by atoms with van der Waals surface area (Å²) in [5, 5.41) is 6.15. The number of amides is 3. The summed E-state index contributed by atoms with van der Waals surface area (Å²) in [6.45, 7) is 15.9. The van der Waals surface area contributed by atoms with E-state index in [4.69, 9.17) is 4.74 Å². The number of carbonyl (C=O) groups excluding carboxylic acids is 3. The number of alkyl carbamates (subject to hydrolysis) is 1. The average Bonchev–Trinajstić information content (AvgIpc) is 2.94. The van der Waals surface area contributed by atoms with Crippen LogP contribution in [0.1, 0.15) is 129 Å². The molecule has 0 bridgehead atoms. The Hall–Kier alpha value is -2.83. The number of rotatable bonds is 15. The maximum Gasteiger partial charge on any atom is 0.408 e. The second-order valence-electron chi connectivity index (χ2n) is 12.6. The first-order chi connectivity index (χ1) is 19.5. The Morgan fingerprint density at radius 3 is 2.37 bits per heavy atom. The first-order valence-electron chi connectivity index (χ1n) is 15.8. The Morgan fingerprint density at radius 1 is 1.07 bits per heavy atom. The fourth-order valence-corrected chi connectivity index (χ4v) is 5.40. The standard InChI is InChI=1S/C34H55N3O4/c1-8-11-12-13-17-23-37(32(39)29(25(4)9-2)36-33(40)41-34(5,6)7)30(27-20-18-19-26(10-3)24-27)31(38)35-28-21-15-14-16-22-28/h10,18-20,24-25,28-30H,3,8-9,11-17,21-23H2,1-2,4-7H3,(H,35,38)(H,36,40). The van der Waals surface area contributed by atoms with Gasteiger partial charge in [0, 0.05) is 12.6 Å². The lowest BCUT2D eigenvalue weighted by atomic mass is 9.93. The number of nitrogens with one attached hydrogen (secondary N) is 2. The number of benzene rings is 1. The molecule has 3 amide bonds. The van der Waals surface area contributed by atoms with Crippen LogP contribution < -0.4 is 10.6 Å². The number of carbonyl (C=O) groups is 3. The summed E-state index contributed by atoms with van der Waals surface area (Å²) in [6, 6.07) is 6.16. The van der Waals surface area contributed by atoms with Crippen molar-refractivity contribution in [3.05, 3.63) is 42.0 Å². The second kappa shape index (κ2) is 17.2. The lowest BCUT2D eigenvalue weighted by molar-refractivity contribution is -0.144. The summed E-state index contributed by atoms with van der Waals surface area (Å²) in [5.74, 6) is -0.576. The van der Waals surface area contributed by atoms with Gasteiger partial charge in [0.1, 0.15) is 17.7 Å². The van der Waals surface area contributed by atoms with Gasteiger partial charge < -0.3 is 20.3 Å². The molecule has 2 rings (SSSR count). The topological polar surface area (TPSA) is 87.7 Å². The summed E-state index contributed by atoms with van der Waals surface area (Å²) in [5.41, 5.74) is 0.941. The molecule has 3 unspecified atom stereocenters. The van der Waals surface area contributed by atoms with Crippen LogP contribution in [0.5, 0.6) is 0 Å². The fourth-order valence-electron chi connectivity index (χ4n) is 5.40. The van der Waals surface area contributed by atoms with Crippen LogP contribution in [-0.2, 0) is 14.3 Å².